The summed E-state index contributed by atoms with van der Waals surface area (Å²) in [5.41, 5.74) is 7.74. The number of nitrogens with two attached hydrogens (primary N) is 1. The fraction of sp³-hybridized carbons (Fsp3) is 0.815. The minimum absolute atomic E-state index is 0.194. The molecular weight excluding hydrogens is 370 g/mol. The normalized spacial score (nSPS) is 50.4. The van der Waals surface area contributed by atoms with Crippen LogP contribution in [0.5, 0.6) is 0 Å². The number of carbonyl (C=O) groups is 1. The van der Waals surface area contributed by atoms with Crippen LogP contribution in [0.15, 0.2) is 23.8 Å². The highest BCUT2D eigenvalue weighted by Crippen LogP contribution is 2.68. The summed E-state index contributed by atoms with van der Waals surface area (Å²) in [4.78, 5) is 12.0. The molecule has 3 fully saturated rings. The van der Waals surface area contributed by atoms with Gasteiger partial charge >= 0.3 is 0 Å². The van der Waals surface area contributed by atoms with Gasteiger partial charge in [0.1, 0.15) is 0 Å². The summed E-state index contributed by atoms with van der Waals surface area (Å²) >= 11 is 0. The van der Waals surface area contributed by atoms with E-state index in [1.54, 1.807) is 0 Å². The predicted octanol–water partition coefficient (Wildman–Crippen LogP) is 5.30. The molecule has 1 saturated heterocycles. The minimum Gasteiger partial charge on any atom is -0.374 e. The van der Waals surface area contributed by atoms with Gasteiger partial charge in [0, 0.05) is 6.42 Å². The number of rotatable bonds is 4. The molecule has 2 N–H and O–H groups in total. The first-order valence-corrected chi connectivity index (χ1v) is 12.6. The predicted molar refractivity (Wildman–Crippen MR) is 121 cm³/mol. The van der Waals surface area contributed by atoms with Crippen molar-refractivity contribution in [2.24, 2.45) is 52.1 Å². The standard InChI is InChI=1S/C27H41NO2/c1-16(15-28)5-8-23-17(2)25-24(30-23)14-22-20-7-6-18-13-19(29)9-11-26(18,3)21(20)10-12-27(22,25)4/h6-7,13,16-17,20-25H,5,8-12,14-15,28H2,1-4H3/t16?,17-,20-,21+,22+,23-,24+,25+,26+,27+/m1/s1. The highest BCUT2D eigenvalue weighted by atomic mass is 16.5. The molecular formula is C27H41NO2. The van der Waals surface area contributed by atoms with E-state index in [1.165, 1.54) is 37.7 Å². The van der Waals surface area contributed by atoms with Crippen molar-refractivity contribution in [2.45, 2.75) is 84.8 Å². The molecule has 0 spiro atoms. The summed E-state index contributed by atoms with van der Waals surface area (Å²) in [7, 11) is 0. The molecule has 0 radical (unpaired) electrons. The van der Waals surface area contributed by atoms with Gasteiger partial charge in [-0.2, -0.15) is 0 Å². The Kier molecular flexibility index (Phi) is 5.10. The van der Waals surface area contributed by atoms with Gasteiger partial charge in [-0.15, -0.1) is 0 Å². The van der Waals surface area contributed by atoms with Gasteiger partial charge in [-0.25, -0.2) is 0 Å². The van der Waals surface area contributed by atoms with Gasteiger partial charge in [0.25, 0.3) is 0 Å². The molecule has 0 amide bonds. The molecule has 1 unspecified atom stereocenters. The number of ketones is 1. The van der Waals surface area contributed by atoms with Crippen LogP contribution in [0, 0.1) is 46.3 Å². The Bertz CT molecular complexity index is 771. The monoisotopic (exact) mass is 411 g/mol. The smallest absolute Gasteiger partial charge is 0.156 e. The van der Waals surface area contributed by atoms with Crippen LogP contribution in [0.4, 0.5) is 0 Å². The van der Waals surface area contributed by atoms with Crippen molar-refractivity contribution in [2.75, 3.05) is 6.54 Å². The zero-order valence-corrected chi connectivity index (χ0v) is 19.4. The second kappa shape index (κ2) is 7.30. The van der Waals surface area contributed by atoms with E-state index in [-0.39, 0.29) is 5.41 Å². The van der Waals surface area contributed by atoms with Crippen LogP contribution >= 0.6 is 0 Å². The summed E-state index contributed by atoms with van der Waals surface area (Å²) in [6.45, 7) is 10.5. The lowest BCUT2D eigenvalue weighted by Gasteiger charge is -2.56. The molecule has 0 bridgehead atoms. The third-order valence-corrected chi connectivity index (χ3v) is 10.5. The second-order valence-electron chi connectivity index (χ2n) is 11.9. The SMILES string of the molecule is CC(CN)CC[C@H]1O[C@H]2C[C@H]3[C@@H]4C=CC5=CC(=O)CC[C@]5(C)[C@H]4CC[C@]3(C)[C@H]2[C@@H]1C. The molecule has 2 saturated carbocycles. The number of allylic oxidation sites excluding steroid dienone is 4. The van der Waals surface area contributed by atoms with Crippen LogP contribution in [0.2, 0.25) is 0 Å². The van der Waals surface area contributed by atoms with Crippen LogP contribution in [0.3, 0.4) is 0 Å². The number of ether oxygens (including phenoxy) is 1. The lowest BCUT2D eigenvalue weighted by Crippen LogP contribution is -2.49. The molecule has 10 atom stereocenters. The Labute approximate surface area is 182 Å². The van der Waals surface area contributed by atoms with E-state index in [9.17, 15) is 4.79 Å². The first kappa shape index (κ1) is 20.9. The van der Waals surface area contributed by atoms with Crippen molar-refractivity contribution in [3.05, 3.63) is 23.8 Å². The van der Waals surface area contributed by atoms with Crippen molar-refractivity contribution in [1.29, 1.82) is 0 Å². The summed E-state index contributed by atoms with van der Waals surface area (Å²) < 4.78 is 6.75. The maximum Gasteiger partial charge on any atom is 0.156 e. The molecule has 5 aliphatic rings. The Morgan fingerprint density at radius 2 is 2.07 bits per heavy atom. The highest BCUT2D eigenvalue weighted by molar-refractivity contribution is 5.92. The van der Waals surface area contributed by atoms with Gasteiger partial charge in [-0.05, 0) is 103 Å². The van der Waals surface area contributed by atoms with E-state index in [0.717, 1.165) is 25.3 Å². The molecule has 1 heterocycles. The molecule has 0 aromatic rings. The van der Waals surface area contributed by atoms with Gasteiger partial charge in [-0.1, -0.05) is 39.8 Å². The van der Waals surface area contributed by atoms with E-state index >= 15 is 0 Å². The Morgan fingerprint density at radius 3 is 2.83 bits per heavy atom. The average molecular weight is 412 g/mol. The first-order chi connectivity index (χ1) is 14.3. The van der Waals surface area contributed by atoms with Gasteiger partial charge < -0.3 is 10.5 Å². The summed E-state index contributed by atoms with van der Waals surface area (Å²) in [6, 6.07) is 0. The van der Waals surface area contributed by atoms with Crippen LogP contribution in [-0.4, -0.2) is 24.5 Å². The highest BCUT2D eigenvalue weighted by Gasteiger charge is 2.64. The van der Waals surface area contributed by atoms with Crippen molar-refractivity contribution in [3.63, 3.8) is 0 Å². The maximum atomic E-state index is 12.0. The molecule has 0 aromatic heterocycles. The van der Waals surface area contributed by atoms with Crippen molar-refractivity contribution in [3.8, 4) is 0 Å². The van der Waals surface area contributed by atoms with E-state index < -0.39 is 0 Å². The summed E-state index contributed by atoms with van der Waals surface area (Å²) in [5.74, 6) is 4.33. The van der Waals surface area contributed by atoms with Crippen molar-refractivity contribution >= 4 is 5.78 Å². The van der Waals surface area contributed by atoms with E-state index in [0.29, 0.717) is 53.0 Å². The molecule has 4 aliphatic carbocycles. The number of carbonyl (C=O) groups excluding carboxylic acids is 1. The fourth-order valence-electron chi connectivity index (χ4n) is 8.58. The summed E-state index contributed by atoms with van der Waals surface area (Å²) in [6.07, 6.45) is 15.6. The Balaban J connectivity index is 1.38. The van der Waals surface area contributed by atoms with Crippen LogP contribution < -0.4 is 5.73 Å². The van der Waals surface area contributed by atoms with E-state index in [2.05, 4.69) is 39.8 Å². The van der Waals surface area contributed by atoms with Crippen molar-refractivity contribution < 1.29 is 9.53 Å². The zero-order chi connectivity index (χ0) is 21.3. The van der Waals surface area contributed by atoms with E-state index in [1.807, 2.05) is 6.08 Å². The zero-order valence-electron chi connectivity index (χ0n) is 19.4. The molecule has 3 nitrogen and oxygen atoms in total. The number of hydrogen-bond acceptors (Lipinski definition) is 3. The van der Waals surface area contributed by atoms with E-state index in [4.69, 9.17) is 10.5 Å². The van der Waals surface area contributed by atoms with Gasteiger partial charge in [0.05, 0.1) is 12.2 Å². The summed E-state index contributed by atoms with van der Waals surface area (Å²) in [5, 5.41) is 0. The number of fused-ring (bicyclic) bond motifs is 7. The van der Waals surface area contributed by atoms with Gasteiger partial charge in [-0.3, -0.25) is 4.79 Å². The first-order valence-electron chi connectivity index (χ1n) is 12.6. The molecule has 5 rings (SSSR count). The molecule has 0 aromatic carbocycles. The van der Waals surface area contributed by atoms with Crippen LogP contribution in [-0.2, 0) is 9.53 Å². The fourth-order valence-corrected chi connectivity index (χ4v) is 8.58. The van der Waals surface area contributed by atoms with Crippen molar-refractivity contribution in [1.82, 2.24) is 0 Å². The molecule has 30 heavy (non-hydrogen) atoms. The van der Waals surface area contributed by atoms with Crippen LogP contribution in [0.1, 0.15) is 72.6 Å². The third-order valence-electron chi connectivity index (χ3n) is 10.5. The molecule has 3 heteroatoms. The average Bonchev–Trinajstić information content (AvgIpc) is 3.20. The third kappa shape index (κ3) is 2.94. The lowest BCUT2D eigenvalue weighted by molar-refractivity contribution is -0.116. The lowest BCUT2D eigenvalue weighted by atomic mass is 9.48. The van der Waals surface area contributed by atoms with Gasteiger partial charge in [0.15, 0.2) is 5.78 Å². The number of hydrogen-bond donors (Lipinski definition) is 1. The van der Waals surface area contributed by atoms with Crippen LogP contribution in [0.25, 0.3) is 0 Å². The minimum atomic E-state index is 0.194. The maximum absolute atomic E-state index is 12.0. The Hall–Kier alpha value is -0.930. The largest absolute Gasteiger partial charge is 0.374 e. The molecule has 1 aliphatic heterocycles. The topological polar surface area (TPSA) is 52.3 Å². The van der Waals surface area contributed by atoms with Gasteiger partial charge in [0.2, 0.25) is 0 Å². The Morgan fingerprint density at radius 1 is 1.27 bits per heavy atom. The molecule has 166 valence electrons. The quantitative estimate of drug-likeness (QED) is 0.683. The second-order valence-corrected chi connectivity index (χ2v) is 11.9.